The van der Waals surface area contributed by atoms with Gasteiger partial charge in [0.2, 0.25) is 10.0 Å². The molecule has 76 valence electrons. The largest absolute Gasteiger partial charge is 0.315 e. The van der Waals surface area contributed by atoms with E-state index in [4.69, 9.17) is 0 Å². The third kappa shape index (κ3) is 1.49. The van der Waals surface area contributed by atoms with Crippen molar-refractivity contribution < 1.29 is 8.42 Å². The van der Waals surface area contributed by atoms with Crippen molar-refractivity contribution >= 4 is 10.0 Å². The first kappa shape index (κ1) is 9.43. The maximum absolute atomic E-state index is 11.5. The summed E-state index contributed by atoms with van der Waals surface area (Å²) in [5.74, 6) is 0. The molecule has 1 spiro atoms. The molecule has 0 aromatic carbocycles. The predicted molar refractivity (Wildman–Crippen MR) is 51.0 cm³/mol. The monoisotopic (exact) mass is 204 g/mol. The summed E-state index contributed by atoms with van der Waals surface area (Å²) in [5.41, 5.74) is -0.0758. The van der Waals surface area contributed by atoms with Gasteiger partial charge >= 0.3 is 0 Å². The first-order valence-electron chi connectivity index (χ1n) is 4.73. The van der Waals surface area contributed by atoms with E-state index in [1.807, 2.05) is 0 Å². The lowest BCUT2D eigenvalue weighted by Crippen LogP contribution is -2.48. The van der Waals surface area contributed by atoms with Crippen molar-refractivity contribution in [3.05, 3.63) is 0 Å². The molecule has 2 fully saturated rings. The van der Waals surface area contributed by atoms with Crippen molar-refractivity contribution in [2.45, 2.75) is 24.8 Å². The number of rotatable bonds is 1. The van der Waals surface area contributed by atoms with Crippen LogP contribution in [0.5, 0.6) is 0 Å². The summed E-state index contributed by atoms with van der Waals surface area (Å²) < 4.78 is 24.7. The van der Waals surface area contributed by atoms with Gasteiger partial charge in [-0.1, -0.05) is 0 Å². The Balaban J connectivity index is 2.28. The van der Waals surface area contributed by atoms with E-state index in [9.17, 15) is 8.42 Å². The fourth-order valence-electron chi connectivity index (χ4n) is 2.59. The number of hydrogen-bond donors (Lipinski definition) is 1. The number of nitrogens with zero attached hydrogens (tertiary/aromatic N) is 1. The minimum atomic E-state index is -3.00. The molecule has 2 rings (SSSR count). The summed E-state index contributed by atoms with van der Waals surface area (Å²) in [6, 6.07) is 0. The Bertz CT molecular complexity index is 288. The van der Waals surface area contributed by atoms with Crippen LogP contribution in [0.3, 0.4) is 0 Å². The van der Waals surface area contributed by atoms with Crippen LogP contribution in [0.1, 0.15) is 19.3 Å². The van der Waals surface area contributed by atoms with Crippen LogP contribution in [-0.4, -0.2) is 44.2 Å². The molecule has 4 nitrogen and oxygen atoms in total. The molecule has 1 atom stereocenters. The summed E-state index contributed by atoms with van der Waals surface area (Å²) in [6.07, 6.45) is 4.32. The van der Waals surface area contributed by atoms with Crippen molar-refractivity contribution in [3.8, 4) is 0 Å². The second-order valence-corrected chi connectivity index (χ2v) is 6.00. The van der Waals surface area contributed by atoms with Crippen LogP contribution in [0, 0.1) is 0 Å². The van der Waals surface area contributed by atoms with Crippen molar-refractivity contribution in [2.24, 2.45) is 0 Å². The first-order chi connectivity index (χ1) is 6.05. The Morgan fingerprint density at radius 3 is 2.69 bits per heavy atom. The Kier molecular flexibility index (Phi) is 2.13. The van der Waals surface area contributed by atoms with E-state index in [1.165, 1.54) is 6.26 Å². The molecule has 2 saturated heterocycles. The lowest BCUT2D eigenvalue weighted by molar-refractivity contribution is 0.266. The van der Waals surface area contributed by atoms with E-state index < -0.39 is 10.0 Å². The highest BCUT2D eigenvalue weighted by molar-refractivity contribution is 7.88. The highest BCUT2D eigenvalue weighted by Crippen LogP contribution is 2.35. The molecule has 1 N–H and O–H groups in total. The zero-order valence-electron chi connectivity index (χ0n) is 7.91. The summed E-state index contributed by atoms with van der Waals surface area (Å²) in [5, 5.41) is 3.25. The van der Waals surface area contributed by atoms with Gasteiger partial charge in [0, 0.05) is 18.6 Å². The molecule has 0 aromatic heterocycles. The van der Waals surface area contributed by atoms with Crippen LogP contribution in [0.4, 0.5) is 0 Å². The van der Waals surface area contributed by atoms with E-state index in [1.54, 1.807) is 4.31 Å². The van der Waals surface area contributed by atoms with E-state index >= 15 is 0 Å². The smallest absolute Gasteiger partial charge is 0.211 e. The minimum Gasteiger partial charge on any atom is -0.315 e. The van der Waals surface area contributed by atoms with Crippen molar-refractivity contribution in [1.29, 1.82) is 0 Å². The van der Waals surface area contributed by atoms with Gasteiger partial charge in [-0.15, -0.1) is 0 Å². The second kappa shape index (κ2) is 2.93. The third-order valence-electron chi connectivity index (χ3n) is 3.15. The molecule has 0 aliphatic carbocycles. The normalized spacial score (nSPS) is 36.1. The maximum atomic E-state index is 11.5. The van der Waals surface area contributed by atoms with E-state index in [-0.39, 0.29) is 5.54 Å². The van der Waals surface area contributed by atoms with Gasteiger partial charge < -0.3 is 5.32 Å². The summed E-state index contributed by atoms with van der Waals surface area (Å²) >= 11 is 0. The summed E-state index contributed by atoms with van der Waals surface area (Å²) in [4.78, 5) is 0. The molecule has 2 heterocycles. The number of nitrogens with one attached hydrogen (secondary N) is 1. The van der Waals surface area contributed by atoms with E-state index in [0.717, 1.165) is 32.4 Å². The zero-order valence-corrected chi connectivity index (χ0v) is 8.73. The molecule has 0 radical (unpaired) electrons. The Labute approximate surface area is 79.4 Å². The van der Waals surface area contributed by atoms with Gasteiger partial charge in [-0.25, -0.2) is 8.42 Å². The lowest BCUT2D eigenvalue weighted by Gasteiger charge is -2.32. The molecular formula is C8H16N2O2S. The summed E-state index contributed by atoms with van der Waals surface area (Å²) in [7, 11) is -3.00. The molecule has 5 heteroatoms. The van der Waals surface area contributed by atoms with Crippen molar-refractivity contribution in [2.75, 3.05) is 25.9 Å². The molecule has 0 aromatic rings. The average Bonchev–Trinajstić information content (AvgIpc) is 2.60. The second-order valence-electron chi connectivity index (χ2n) is 4.09. The van der Waals surface area contributed by atoms with Gasteiger partial charge in [0.1, 0.15) is 0 Å². The van der Waals surface area contributed by atoms with Gasteiger partial charge in [0.25, 0.3) is 0 Å². The predicted octanol–water partition coefficient (Wildman–Crippen LogP) is -0.226. The number of sulfonamides is 1. The molecule has 13 heavy (non-hydrogen) atoms. The average molecular weight is 204 g/mol. The fraction of sp³-hybridized carbons (Fsp3) is 1.00. The molecule has 2 aliphatic rings. The van der Waals surface area contributed by atoms with Gasteiger partial charge in [0.15, 0.2) is 0 Å². The highest BCUT2D eigenvalue weighted by atomic mass is 32.2. The molecule has 2 aliphatic heterocycles. The molecule has 0 bridgehead atoms. The van der Waals surface area contributed by atoms with Gasteiger partial charge in [-0.3, -0.25) is 0 Å². The molecule has 0 unspecified atom stereocenters. The van der Waals surface area contributed by atoms with Crippen LogP contribution in [0.15, 0.2) is 0 Å². The van der Waals surface area contributed by atoms with Gasteiger partial charge in [-0.05, 0) is 25.8 Å². The zero-order chi connectivity index (χ0) is 9.53. The van der Waals surface area contributed by atoms with Gasteiger partial charge in [-0.2, -0.15) is 4.31 Å². The van der Waals surface area contributed by atoms with Crippen molar-refractivity contribution in [1.82, 2.24) is 9.62 Å². The van der Waals surface area contributed by atoms with Crippen LogP contribution in [0.2, 0.25) is 0 Å². The number of hydrogen-bond acceptors (Lipinski definition) is 3. The third-order valence-corrected chi connectivity index (χ3v) is 4.52. The van der Waals surface area contributed by atoms with E-state index in [2.05, 4.69) is 5.32 Å². The summed E-state index contributed by atoms with van der Waals surface area (Å²) in [6.45, 7) is 2.49. The Morgan fingerprint density at radius 2 is 2.15 bits per heavy atom. The van der Waals surface area contributed by atoms with Crippen LogP contribution in [0.25, 0.3) is 0 Å². The molecular weight excluding hydrogens is 188 g/mol. The maximum Gasteiger partial charge on any atom is 0.211 e. The fourth-order valence-corrected chi connectivity index (χ4v) is 4.00. The topological polar surface area (TPSA) is 49.4 Å². The standard InChI is InChI=1S/C8H16N2O2S/c1-13(11,12)10-6-2-3-8(10)4-5-9-7-8/h9H,2-7H2,1H3/t8-/m1/s1. The van der Waals surface area contributed by atoms with Crippen LogP contribution in [-0.2, 0) is 10.0 Å². The Morgan fingerprint density at radius 1 is 1.38 bits per heavy atom. The Hall–Kier alpha value is -0.130. The SMILES string of the molecule is CS(=O)(=O)N1CCC[C@]12CCNC2. The minimum absolute atomic E-state index is 0.0758. The van der Waals surface area contributed by atoms with E-state index in [0.29, 0.717) is 6.54 Å². The van der Waals surface area contributed by atoms with Gasteiger partial charge in [0.05, 0.1) is 6.26 Å². The highest BCUT2D eigenvalue weighted by Gasteiger charge is 2.47. The van der Waals surface area contributed by atoms with Crippen molar-refractivity contribution in [3.63, 3.8) is 0 Å². The first-order valence-corrected chi connectivity index (χ1v) is 6.58. The lowest BCUT2D eigenvalue weighted by atomic mass is 9.97. The molecule has 0 amide bonds. The quantitative estimate of drug-likeness (QED) is 0.642. The van der Waals surface area contributed by atoms with Crippen LogP contribution >= 0.6 is 0 Å². The van der Waals surface area contributed by atoms with Crippen LogP contribution < -0.4 is 5.32 Å². The molecule has 0 saturated carbocycles.